The van der Waals surface area contributed by atoms with Crippen molar-refractivity contribution < 1.29 is 18.7 Å². The number of hydrogen-bond acceptors (Lipinski definition) is 5. The first-order chi connectivity index (χ1) is 17.3. The number of carbonyl (C=O) groups is 1. The molecule has 1 aliphatic rings. The number of carbonyl (C=O) groups excluding carboxylic acids is 1. The summed E-state index contributed by atoms with van der Waals surface area (Å²) in [5, 5.41) is 0.731. The first-order valence-corrected chi connectivity index (χ1v) is 12.6. The molecule has 4 aromatic rings. The van der Waals surface area contributed by atoms with Crippen LogP contribution in [0.15, 0.2) is 74.3 Å². The van der Waals surface area contributed by atoms with E-state index in [0.717, 1.165) is 4.47 Å². The third kappa shape index (κ3) is 4.27. The lowest BCUT2D eigenvalue weighted by Gasteiger charge is -2.26. The van der Waals surface area contributed by atoms with Gasteiger partial charge in [-0.3, -0.25) is 14.5 Å². The lowest BCUT2D eigenvalue weighted by atomic mass is 9.97. The van der Waals surface area contributed by atoms with E-state index in [4.69, 9.17) is 25.5 Å². The van der Waals surface area contributed by atoms with Gasteiger partial charge in [0.1, 0.15) is 5.58 Å². The Morgan fingerprint density at radius 3 is 2.47 bits per heavy atom. The number of anilines is 1. The van der Waals surface area contributed by atoms with Crippen LogP contribution >= 0.6 is 27.5 Å². The topological polar surface area (TPSA) is 69.0 Å². The van der Waals surface area contributed by atoms with Gasteiger partial charge in [0.2, 0.25) is 5.76 Å². The minimum Gasteiger partial charge on any atom is -0.493 e. The van der Waals surface area contributed by atoms with E-state index in [-0.39, 0.29) is 16.8 Å². The highest BCUT2D eigenvalue weighted by molar-refractivity contribution is 9.10. The number of benzene rings is 3. The van der Waals surface area contributed by atoms with Crippen molar-refractivity contribution in [2.45, 2.75) is 19.9 Å². The van der Waals surface area contributed by atoms with Crippen LogP contribution in [0.2, 0.25) is 5.02 Å². The van der Waals surface area contributed by atoms with Crippen LogP contribution in [0.1, 0.15) is 41.6 Å². The number of rotatable bonds is 6. The molecule has 1 unspecified atom stereocenters. The van der Waals surface area contributed by atoms with Crippen molar-refractivity contribution in [1.82, 2.24) is 0 Å². The molecule has 36 heavy (non-hydrogen) atoms. The van der Waals surface area contributed by atoms with Gasteiger partial charge in [0.15, 0.2) is 16.9 Å². The zero-order valence-electron chi connectivity index (χ0n) is 19.9. The lowest BCUT2D eigenvalue weighted by molar-refractivity contribution is 0.0971. The maximum Gasteiger partial charge on any atom is 0.295 e. The van der Waals surface area contributed by atoms with Crippen LogP contribution in [0.4, 0.5) is 5.69 Å². The third-order valence-corrected chi connectivity index (χ3v) is 6.78. The van der Waals surface area contributed by atoms with E-state index >= 15 is 0 Å². The molecule has 8 heteroatoms. The summed E-state index contributed by atoms with van der Waals surface area (Å²) in [7, 11) is 1.56. The Morgan fingerprint density at radius 1 is 1.03 bits per heavy atom. The normalized spacial score (nSPS) is 15.0. The van der Waals surface area contributed by atoms with Gasteiger partial charge in [-0.1, -0.05) is 47.4 Å². The predicted octanol–water partition coefficient (Wildman–Crippen LogP) is 7.00. The van der Waals surface area contributed by atoms with Crippen molar-refractivity contribution in [2.75, 3.05) is 18.6 Å². The van der Waals surface area contributed by atoms with E-state index in [1.54, 1.807) is 42.3 Å². The molecule has 5 rings (SSSR count). The van der Waals surface area contributed by atoms with Crippen LogP contribution in [0.3, 0.4) is 0 Å². The zero-order valence-corrected chi connectivity index (χ0v) is 22.2. The predicted molar refractivity (Wildman–Crippen MR) is 144 cm³/mol. The van der Waals surface area contributed by atoms with Crippen molar-refractivity contribution in [1.29, 1.82) is 0 Å². The number of amides is 1. The van der Waals surface area contributed by atoms with Crippen LogP contribution in [0, 0.1) is 5.92 Å². The van der Waals surface area contributed by atoms with Crippen molar-refractivity contribution in [2.24, 2.45) is 5.92 Å². The maximum atomic E-state index is 13.8. The number of nitrogens with zero attached hydrogens (tertiary/aromatic N) is 1. The summed E-state index contributed by atoms with van der Waals surface area (Å²) in [6.45, 7) is 4.66. The second kappa shape index (κ2) is 9.64. The number of fused-ring (bicyclic) bond motifs is 2. The fraction of sp³-hybridized carbons (Fsp3) is 0.214. The third-order valence-electron chi connectivity index (χ3n) is 6.01. The molecule has 1 atom stereocenters. The second-order valence-electron chi connectivity index (χ2n) is 8.98. The van der Waals surface area contributed by atoms with Gasteiger partial charge in [-0.15, -0.1) is 0 Å². The quantitative estimate of drug-likeness (QED) is 0.250. The number of halogens is 2. The van der Waals surface area contributed by atoms with E-state index in [9.17, 15) is 9.59 Å². The first kappa shape index (κ1) is 24.4. The number of methoxy groups -OCH3 is 1. The Kier molecular flexibility index (Phi) is 6.53. The number of ether oxygens (including phenoxy) is 2. The van der Waals surface area contributed by atoms with Crippen molar-refractivity contribution in [3.8, 4) is 11.5 Å². The van der Waals surface area contributed by atoms with Gasteiger partial charge in [-0.2, -0.15) is 0 Å². The summed E-state index contributed by atoms with van der Waals surface area (Å²) < 4.78 is 18.4. The molecule has 0 saturated heterocycles. The second-order valence-corrected chi connectivity index (χ2v) is 10.3. The Balaban J connectivity index is 1.73. The van der Waals surface area contributed by atoms with Crippen molar-refractivity contribution >= 4 is 50.1 Å². The van der Waals surface area contributed by atoms with E-state index in [1.807, 2.05) is 30.3 Å². The molecule has 184 valence electrons. The highest BCUT2D eigenvalue weighted by atomic mass is 79.9. The van der Waals surface area contributed by atoms with Gasteiger partial charge in [0, 0.05) is 15.2 Å². The Morgan fingerprint density at radius 2 is 1.78 bits per heavy atom. The number of hydrogen-bond donors (Lipinski definition) is 0. The molecule has 0 aliphatic carbocycles. The molecule has 2 heterocycles. The van der Waals surface area contributed by atoms with E-state index in [1.165, 1.54) is 0 Å². The van der Waals surface area contributed by atoms with Crippen molar-refractivity contribution in [3.05, 3.63) is 97.3 Å². The fourth-order valence-corrected chi connectivity index (χ4v) is 4.79. The summed E-state index contributed by atoms with van der Waals surface area (Å²) in [5.41, 5.74) is 1.58. The van der Waals surface area contributed by atoms with Crippen LogP contribution < -0.4 is 19.8 Å². The molecule has 0 saturated carbocycles. The lowest BCUT2D eigenvalue weighted by Crippen LogP contribution is -2.29. The summed E-state index contributed by atoms with van der Waals surface area (Å²) >= 11 is 9.62. The molecule has 1 amide bonds. The largest absolute Gasteiger partial charge is 0.493 e. The maximum absolute atomic E-state index is 13.8. The van der Waals surface area contributed by atoms with Gasteiger partial charge < -0.3 is 13.9 Å². The van der Waals surface area contributed by atoms with Gasteiger partial charge in [-0.25, -0.2) is 0 Å². The molecule has 1 aromatic heterocycles. The molecule has 0 radical (unpaired) electrons. The molecule has 0 bridgehead atoms. The molecule has 0 N–H and O–H groups in total. The van der Waals surface area contributed by atoms with Crippen LogP contribution in [-0.4, -0.2) is 19.6 Å². The van der Waals surface area contributed by atoms with Gasteiger partial charge in [0.05, 0.1) is 30.7 Å². The standard InChI is InChI=1S/C28H23BrClNO5/c1-15(2)14-35-22-10-4-16(12-23(22)34-3)25-24-26(32)20-13-18(30)7-11-21(20)36-27(24)28(33)31(25)19-8-5-17(29)6-9-19/h4-13,15,25H,14H2,1-3H3. The first-order valence-electron chi connectivity index (χ1n) is 11.4. The van der Waals surface area contributed by atoms with Crippen LogP contribution in [-0.2, 0) is 0 Å². The van der Waals surface area contributed by atoms with Gasteiger partial charge in [0.25, 0.3) is 5.91 Å². The molecular weight excluding hydrogens is 546 g/mol. The summed E-state index contributed by atoms with van der Waals surface area (Å²) in [6, 6.07) is 16.8. The van der Waals surface area contributed by atoms with E-state index in [0.29, 0.717) is 51.3 Å². The highest BCUT2D eigenvalue weighted by Gasteiger charge is 2.44. The Labute approximate surface area is 221 Å². The molecule has 0 fully saturated rings. The average molecular weight is 569 g/mol. The van der Waals surface area contributed by atoms with Crippen LogP contribution in [0.25, 0.3) is 11.0 Å². The summed E-state index contributed by atoms with van der Waals surface area (Å²) in [5.74, 6) is 1.06. The van der Waals surface area contributed by atoms with E-state index < -0.39 is 11.9 Å². The molecule has 6 nitrogen and oxygen atoms in total. The van der Waals surface area contributed by atoms with Crippen LogP contribution in [0.5, 0.6) is 11.5 Å². The monoisotopic (exact) mass is 567 g/mol. The fourth-order valence-electron chi connectivity index (χ4n) is 4.36. The summed E-state index contributed by atoms with van der Waals surface area (Å²) in [4.78, 5) is 29.1. The molecule has 1 aliphatic heterocycles. The zero-order chi connectivity index (χ0) is 25.6. The molecule has 0 spiro atoms. The SMILES string of the molecule is COc1cc(C2c3c(oc4ccc(Cl)cc4c3=O)C(=O)N2c2ccc(Br)cc2)ccc1OCC(C)C. The van der Waals surface area contributed by atoms with E-state index in [2.05, 4.69) is 29.8 Å². The average Bonchev–Trinajstić information content (AvgIpc) is 3.16. The minimum absolute atomic E-state index is 0.0156. The molecular formula is C28H23BrClNO5. The van der Waals surface area contributed by atoms with Gasteiger partial charge >= 0.3 is 0 Å². The minimum atomic E-state index is -0.735. The Bertz CT molecular complexity index is 1530. The Hall–Kier alpha value is -3.29. The summed E-state index contributed by atoms with van der Waals surface area (Å²) in [6.07, 6.45) is 0. The smallest absolute Gasteiger partial charge is 0.295 e. The highest BCUT2D eigenvalue weighted by Crippen LogP contribution is 2.43. The van der Waals surface area contributed by atoms with Crippen molar-refractivity contribution in [3.63, 3.8) is 0 Å². The molecule has 3 aromatic carbocycles. The van der Waals surface area contributed by atoms with Gasteiger partial charge in [-0.05, 0) is 66.1 Å².